The zero-order chi connectivity index (χ0) is 15.4. The number of benzene rings is 2. The fourth-order valence-electron chi connectivity index (χ4n) is 1.82. The number of hydrogen-bond acceptors (Lipinski definition) is 2. The first kappa shape index (κ1) is 14.9. The van der Waals surface area contributed by atoms with Gasteiger partial charge in [-0.05, 0) is 48.9 Å². The largest absolute Gasteiger partial charge is 0.478 e. The van der Waals surface area contributed by atoms with Crippen molar-refractivity contribution in [1.29, 1.82) is 0 Å². The van der Waals surface area contributed by atoms with E-state index in [4.69, 9.17) is 16.7 Å². The molecule has 2 aromatic carbocycles. The predicted octanol–water partition coefficient (Wildman–Crippen LogP) is 3.99. The van der Waals surface area contributed by atoms with Crippen molar-refractivity contribution in [1.82, 2.24) is 0 Å². The summed E-state index contributed by atoms with van der Waals surface area (Å²) in [7, 11) is 0. The lowest BCUT2D eigenvalue weighted by Crippen LogP contribution is -2.20. The minimum atomic E-state index is -1.03. The van der Waals surface area contributed by atoms with E-state index in [0.717, 1.165) is 0 Å². The number of nitrogens with one attached hydrogen (secondary N) is 2. The van der Waals surface area contributed by atoms with Crippen molar-refractivity contribution in [2.24, 2.45) is 0 Å². The number of carbonyl (C=O) groups excluding carboxylic acids is 1. The summed E-state index contributed by atoms with van der Waals surface area (Å²) in [6.45, 7) is 1.64. The van der Waals surface area contributed by atoms with Gasteiger partial charge in [-0.25, -0.2) is 9.59 Å². The van der Waals surface area contributed by atoms with Crippen LogP contribution < -0.4 is 10.6 Å². The van der Waals surface area contributed by atoms with Gasteiger partial charge in [0, 0.05) is 16.4 Å². The molecule has 6 heteroatoms. The molecule has 2 rings (SSSR count). The molecule has 0 aliphatic rings. The van der Waals surface area contributed by atoms with E-state index in [2.05, 4.69) is 10.6 Å². The van der Waals surface area contributed by atoms with Crippen molar-refractivity contribution in [2.75, 3.05) is 10.6 Å². The van der Waals surface area contributed by atoms with E-state index >= 15 is 0 Å². The number of amides is 2. The van der Waals surface area contributed by atoms with Gasteiger partial charge in [0.1, 0.15) is 0 Å². The average molecular weight is 305 g/mol. The Labute approximate surface area is 126 Å². The number of aromatic carboxylic acids is 1. The molecule has 0 radical (unpaired) electrons. The van der Waals surface area contributed by atoms with E-state index in [1.54, 1.807) is 43.3 Å². The van der Waals surface area contributed by atoms with Gasteiger partial charge >= 0.3 is 12.0 Å². The Morgan fingerprint density at radius 2 is 1.71 bits per heavy atom. The quantitative estimate of drug-likeness (QED) is 0.802. The monoisotopic (exact) mass is 304 g/mol. The van der Waals surface area contributed by atoms with Gasteiger partial charge in [0.2, 0.25) is 0 Å². The lowest BCUT2D eigenvalue weighted by atomic mass is 10.1. The van der Waals surface area contributed by atoms with E-state index < -0.39 is 12.0 Å². The molecule has 2 aromatic rings. The molecule has 0 bridgehead atoms. The molecule has 21 heavy (non-hydrogen) atoms. The second kappa shape index (κ2) is 6.28. The van der Waals surface area contributed by atoms with Gasteiger partial charge in [-0.2, -0.15) is 0 Å². The molecular formula is C15H13ClN2O3. The number of carboxylic acid groups (broad SMARTS) is 1. The van der Waals surface area contributed by atoms with Crippen LogP contribution in [0.1, 0.15) is 15.9 Å². The highest BCUT2D eigenvalue weighted by atomic mass is 35.5. The van der Waals surface area contributed by atoms with Gasteiger partial charge in [0.25, 0.3) is 0 Å². The van der Waals surface area contributed by atoms with Crippen LogP contribution in [0.5, 0.6) is 0 Å². The predicted molar refractivity (Wildman–Crippen MR) is 82.2 cm³/mol. The number of anilines is 2. The van der Waals surface area contributed by atoms with Gasteiger partial charge in [-0.15, -0.1) is 0 Å². The number of urea groups is 1. The molecule has 0 fully saturated rings. The van der Waals surface area contributed by atoms with Gasteiger partial charge in [-0.1, -0.05) is 17.7 Å². The first-order chi connectivity index (χ1) is 9.97. The maximum Gasteiger partial charge on any atom is 0.336 e. The van der Waals surface area contributed by atoms with E-state index in [1.165, 1.54) is 6.07 Å². The summed E-state index contributed by atoms with van der Waals surface area (Å²) in [6.07, 6.45) is 0. The molecule has 0 atom stereocenters. The number of halogens is 1. The molecule has 0 saturated heterocycles. The van der Waals surface area contributed by atoms with Crippen LogP contribution in [-0.4, -0.2) is 17.1 Å². The molecule has 0 aromatic heterocycles. The Morgan fingerprint density at radius 3 is 2.33 bits per heavy atom. The summed E-state index contributed by atoms with van der Waals surface area (Å²) < 4.78 is 0. The second-order valence-corrected chi connectivity index (χ2v) is 4.81. The highest BCUT2D eigenvalue weighted by Crippen LogP contribution is 2.19. The highest BCUT2D eigenvalue weighted by Gasteiger charge is 2.11. The lowest BCUT2D eigenvalue weighted by Gasteiger charge is -2.11. The summed E-state index contributed by atoms with van der Waals surface area (Å²) in [4.78, 5) is 22.9. The normalized spacial score (nSPS) is 10.0. The molecule has 0 saturated carbocycles. The van der Waals surface area contributed by atoms with Crippen LogP contribution in [0.15, 0.2) is 42.5 Å². The third-order valence-corrected chi connectivity index (χ3v) is 3.17. The Hall–Kier alpha value is -2.53. The van der Waals surface area contributed by atoms with Crippen LogP contribution in [-0.2, 0) is 0 Å². The molecular weight excluding hydrogens is 292 g/mol. The molecule has 0 heterocycles. The standard InChI is InChI=1S/C15H13ClN2O3/c1-9-12(14(19)20)3-2-4-13(9)18-15(21)17-11-7-5-10(16)6-8-11/h2-8H,1H3,(H,19,20)(H2,17,18,21). The fraction of sp³-hybridized carbons (Fsp3) is 0.0667. The summed E-state index contributed by atoms with van der Waals surface area (Å²) in [5.41, 5.74) is 1.68. The van der Waals surface area contributed by atoms with E-state index in [-0.39, 0.29) is 5.56 Å². The molecule has 0 unspecified atom stereocenters. The van der Waals surface area contributed by atoms with Crippen molar-refractivity contribution in [3.05, 3.63) is 58.6 Å². The van der Waals surface area contributed by atoms with Gasteiger partial charge in [-0.3, -0.25) is 0 Å². The number of carbonyl (C=O) groups is 2. The second-order valence-electron chi connectivity index (χ2n) is 4.37. The van der Waals surface area contributed by atoms with Crippen molar-refractivity contribution in [2.45, 2.75) is 6.92 Å². The molecule has 2 amide bonds. The van der Waals surface area contributed by atoms with Crippen LogP contribution >= 0.6 is 11.6 Å². The van der Waals surface area contributed by atoms with Crippen molar-refractivity contribution in [3.63, 3.8) is 0 Å². The molecule has 3 N–H and O–H groups in total. The van der Waals surface area contributed by atoms with Crippen molar-refractivity contribution < 1.29 is 14.7 Å². The Balaban J connectivity index is 2.11. The smallest absolute Gasteiger partial charge is 0.336 e. The Kier molecular flexibility index (Phi) is 4.45. The lowest BCUT2D eigenvalue weighted by molar-refractivity contribution is 0.0696. The Morgan fingerprint density at radius 1 is 1.05 bits per heavy atom. The first-order valence-corrected chi connectivity index (χ1v) is 6.51. The zero-order valence-electron chi connectivity index (χ0n) is 11.2. The topological polar surface area (TPSA) is 78.4 Å². The summed E-state index contributed by atoms with van der Waals surface area (Å²) in [5, 5.41) is 14.9. The minimum absolute atomic E-state index is 0.152. The fourth-order valence-corrected chi connectivity index (χ4v) is 1.95. The van der Waals surface area contributed by atoms with Crippen LogP contribution in [0, 0.1) is 6.92 Å². The van der Waals surface area contributed by atoms with E-state index in [9.17, 15) is 9.59 Å². The van der Waals surface area contributed by atoms with Gasteiger partial charge in [0.05, 0.1) is 5.56 Å². The SMILES string of the molecule is Cc1c(NC(=O)Nc2ccc(Cl)cc2)cccc1C(=O)O. The maximum atomic E-state index is 11.9. The van der Waals surface area contributed by atoms with Crippen LogP contribution in [0.3, 0.4) is 0 Å². The summed E-state index contributed by atoms with van der Waals surface area (Å²) >= 11 is 5.76. The van der Waals surface area contributed by atoms with Crippen LogP contribution in [0.25, 0.3) is 0 Å². The number of rotatable bonds is 3. The van der Waals surface area contributed by atoms with Crippen LogP contribution in [0.2, 0.25) is 5.02 Å². The maximum absolute atomic E-state index is 11.9. The molecule has 0 aliphatic carbocycles. The minimum Gasteiger partial charge on any atom is -0.478 e. The first-order valence-electron chi connectivity index (χ1n) is 6.14. The highest BCUT2D eigenvalue weighted by molar-refractivity contribution is 6.30. The van der Waals surface area contributed by atoms with Crippen LogP contribution in [0.4, 0.5) is 16.2 Å². The molecule has 0 spiro atoms. The summed E-state index contributed by atoms with van der Waals surface area (Å²) in [5.74, 6) is -1.03. The number of carboxylic acids is 1. The van der Waals surface area contributed by atoms with Crippen molar-refractivity contribution >= 4 is 35.0 Å². The Bertz CT molecular complexity index is 684. The molecule has 108 valence electrons. The zero-order valence-corrected chi connectivity index (χ0v) is 11.9. The molecule has 5 nitrogen and oxygen atoms in total. The van der Waals surface area contributed by atoms with Crippen molar-refractivity contribution in [3.8, 4) is 0 Å². The van der Waals surface area contributed by atoms with Gasteiger partial charge in [0.15, 0.2) is 0 Å². The summed E-state index contributed by atoms with van der Waals surface area (Å²) in [6, 6.07) is 10.9. The van der Waals surface area contributed by atoms with E-state index in [1.807, 2.05) is 0 Å². The van der Waals surface area contributed by atoms with E-state index in [0.29, 0.717) is 22.0 Å². The molecule has 0 aliphatic heterocycles. The number of hydrogen-bond donors (Lipinski definition) is 3. The third kappa shape index (κ3) is 3.73. The van der Waals surface area contributed by atoms with Gasteiger partial charge < -0.3 is 15.7 Å². The third-order valence-electron chi connectivity index (χ3n) is 2.91. The average Bonchev–Trinajstić information content (AvgIpc) is 2.43.